The van der Waals surface area contributed by atoms with Crippen LogP contribution < -0.4 is 4.31 Å². The molecule has 0 atom stereocenters. The molecule has 0 saturated carbocycles. The number of carbonyl (C=O) groups is 1. The Labute approximate surface area is 150 Å². The van der Waals surface area contributed by atoms with Gasteiger partial charge in [-0.05, 0) is 55.8 Å². The average Bonchev–Trinajstić information content (AvgIpc) is 2.56. The summed E-state index contributed by atoms with van der Waals surface area (Å²) >= 11 is 3.30. The van der Waals surface area contributed by atoms with E-state index < -0.39 is 16.0 Å². The highest BCUT2D eigenvalue weighted by atomic mass is 79.9. The largest absolute Gasteiger partial charge is 0.465 e. The van der Waals surface area contributed by atoms with E-state index in [9.17, 15) is 13.2 Å². The molecule has 0 amide bonds. The molecule has 2 rings (SSSR count). The van der Waals surface area contributed by atoms with Gasteiger partial charge in [-0.2, -0.15) is 0 Å². The number of anilines is 1. The van der Waals surface area contributed by atoms with Crippen LogP contribution in [0.4, 0.5) is 5.69 Å². The monoisotopic (exact) mass is 411 g/mol. The molecule has 0 aliphatic rings. The van der Waals surface area contributed by atoms with Crippen molar-refractivity contribution in [3.63, 3.8) is 0 Å². The van der Waals surface area contributed by atoms with Crippen molar-refractivity contribution in [1.82, 2.24) is 0 Å². The summed E-state index contributed by atoms with van der Waals surface area (Å²) in [6, 6.07) is 11.4. The van der Waals surface area contributed by atoms with E-state index in [2.05, 4.69) is 15.9 Å². The Morgan fingerprint density at radius 1 is 1.17 bits per heavy atom. The lowest BCUT2D eigenvalue weighted by molar-refractivity contribution is 0.0600. The summed E-state index contributed by atoms with van der Waals surface area (Å²) in [6.45, 7) is 3.70. The second kappa shape index (κ2) is 7.36. The number of methoxy groups -OCH3 is 1. The quantitative estimate of drug-likeness (QED) is 0.702. The van der Waals surface area contributed by atoms with Gasteiger partial charge in [0.2, 0.25) is 0 Å². The molecule has 0 aliphatic carbocycles. The number of hydrogen-bond donors (Lipinski definition) is 0. The molecule has 0 radical (unpaired) electrons. The fourth-order valence-electron chi connectivity index (χ4n) is 2.43. The first kappa shape index (κ1) is 18.5. The van der Waals surface area contributed by atoms with Gasteiger partial charge in [0.25, 0.3) is 10.0 Å². The van der Waals surface area contributed by atoms with E-state index in [-0.39, 0.29) is 11.4 Å². The molecule has 0 unspecified atom stereocenters. The summed E-state index contributed by atoms with van der Waals surface area (Å²) < 4.78 is 32.8. The molecule has 0 aromatic heterocycles. The minimum atomic E-state index is -3.73. The number of nitrogens with zero attached hydrogens (tertiary/aromatic N) is 1. The third kappa shape index (κ3) is 3.47. The van der Waals surface area contributed by atoms with E-state index >= 15 is 0 Å². The van der Waals surface area contributed by atoms with Crippen molar-refractivity contribution in [2.45, 2.75) is 18.7 Å². The summed E-state index contributed by atoms with van der Waals surface area (Å²) in [4.78, 5) is 12.0. The van der Waals surface area contributed by atoms with Crippen molar-refractivity contribution in [2.75, 3.05) is 18.0 Å². The molecule has 2 aromatic carbocycles. The number of hydrogen-bond acceptors (Lipinski definition) is 4. The fraction of sp³-hybridized carbons (Fsp3) is 0.235. The maximum absolute atomic E-state index is 13.0. The summed E-state index contributed by atoms with van der Waals surface area (Å²) in [5.41, 5.74) is 1.37. The Hall–Kier alpha value is -1.86. The number of halogens is 1. The minimum Gasteiger partial charge on any atom is -0.465 e. The summed E-state index contributed by atoms with van der Waals surface area (Å²) in [5, 5.41) is 0. The van der Waals surface area contributed by atoms with Gasteiger partial charge in [-0.3, -0.25) is 4.31 Å². The third-order valence-corrected chi connectivity index (χ3v) is 6.10. The second-order valence-corrected chi connectivity index (χ2v) is 7.84. The van der Waals surface area contributed by atoms with Gasteiger partial charge in [0.1, 0.15) is 0 Å². The van der Waals surface area contributed by atoms with Gasteiger partial charge in [-0.25, -0.2) is 13.2 Å². The maximum Gasteiger partial charge on any atom is 0.338 e. The van der Waals surface area contributed by atoms with Crippen LogP contribution in [0, 0.1) is 6.92 Å². The Morgan fingerprint density at radius 3 is 2.33 bits per heavy atom. The van der Waals surface area contributed by atoms with E-state index in [0.29, 0.717) is 16.8 Å². The Bertz CT molecular complexity index is 847. The smallest absolute Gasteiger partial charge is 0.338 e. The first-order valence-corrected chi connectivity index (χ1v) is 9.52. The fourth-order valence-corrected chi connectivity index (χ4v) is 4.22. The van der Waals surface area contributed by atoms with Crippen molar-refractivity contribution < 1.29 is 17.9 Å². The van der Waals surface area contributed by atoms with E-state index in [0.717, 1.165) is 4.47 Å². The zero-order valence-corrected chi connectivity index (χ0v) is 16.0. The SMILES string of the molecule is CCN(c1cccc(C(=O)OC)c1C)S(=O)(=O)c1ccc(Br)cc1. The van der Waals surface area contributed by atoms with Crippen LogP contribution in [0.3, 0.4) is 0 Å². The molecule has 0 heterocycles. The van der Waals surface area contributed by atoms with Crippen molar-refractivity contribution >= 4 is 37.6 Å². The van der Waals surface area contributed by atoms with Crippen LogP contribution in [0.1, 0.15) is 22.8 Å². The Balaban J connectivity index is 2.56. The lowest BCUT2D eigenvalue weighted by Gasteiger charge is -2.25. The molecular formula is C17H18BrNO4S. The molecule has 0 N–H and O–H groups in total. The highest BCUT2D eigenvalue weighted by Gasteiger charge is 2.26. The lowest BCUT2D eigenvalue weighted by atomic mass is 10.1. The molecule has 128 valence electrons. The van der Waals surface area contributed by atoms with Gasteiger partial charge in [0.05, 0.1) is 23.3 Å². The van der Waals surface area contributed by atoms with Crippen LogP contribution in [0.2, 0.25) is 0 Å². The molecule has 0 fully saturated rings. The standard InChI is InChI=1S/C17H18BrNO4S/c1-4-19(24(21,22)14-10-8-13(18)9-11-14)16-7-5-6-15(12(16)2)17(20)23-3/h5-11H,4H2,1-3H3. The molecule has 2 aromatic rings. The molecule has 0 bridgehead atoms. The average molecular weight is 412 g/mol. The molecule has 0 saturated heterocycles. The van der Waals surface area contributed by atoms with Crippen molar-refractivity contribution in [2.24, 2.45) is 0 Å². The van der Waals surface area contributed by atoms with E-state index in [4.69, 9.17) is 4.74 Å². The highest BCUT2D eigenvalue weighted by molar-refractivity contribution is 9.10. The van der Waals surface area contributed by atoms with Gasteiger partial charge in [0.15, 0.2) is 0 Å². The Kier molecular flexibility index (Phi) is 5.66. The summed E-state index contributed by atoms with van der Waals surface area (Å²) in [5.74, 6) is -0.494. The topological polar surface area (TPSA) is 63.7 Å². The van der Waals surface area contributed by atoms with Crippen LogP contribution >= 0.6 is 15.9 Å². The number of carbonyl (C=O) groups excluding carboxylic acids is 1. The Morgan fingerprint density at radius 2 is 1.79 bits per heavy atom. The molecule has 5 nitrogen and oxygen atoms in total. The van der Waals surface area contributed by atoms with Crippen LogP contribution in [0.5, 0.6) is 0 Å². The van der Waals surface area contributed by atoms with Crippen LogP contribution in [0.15, 0.2) is 51.8 Å². The lowest BCUT2D eigenvalue weighted by Crippen LogP contribution is -2.31. The first-order chi connectivity index (χ1) is 11.3. The van der Waals surface area contributed by atoms with E-state index in [1.807, 2.05) is 0 Å². The molecular weight excluding hydrogens is 394 g/mol. The van der Waals surface area contributed by atoms with Crippen molar-refractivity contribution in [3.05, 3.63) is 58.1 Å². The zero-order valence-electron chi connectivity index (χ0n) is 13.6. The van der Waals surface area contributed by atoms with Gasteiger partial charge in [-0.15, -0.1) is 0 Å². The van der Waals surface area contributed by atoms with Gasteiger partial charge < -0.3 is 4.74 Å². The predicted molar refractivity (Wildman–Crippen MR) is 96.9 cm³/mol. The highest BCUT2D eigenvalue weighted by Crippen LogP contribution is 2.29. The normalized spacial score (nSPS) is 11.2. The van der Waals surface area contributed by atoms with Crippen LogP contribution in [-0.4, -0.2) is 28.0 Å². The van der Waals surface area contributed by atoms with Crippen molar-refractivity contribution in [1.29, 1.82) is 0 Å². The molecule has 7 heteroatoms. The number of ether oxygens (including phenoxy) is 1. The van der Waals surface area contributed by atoms with Gasteiger partial charge in [0, 0.05) is 11.0 Å². The number of esters is 1. The third-order valence-electron chi connectivity index (χ3n) is 3.67. The molecule has 24 heavy (non-hydrogen) atoms. The summed E-state index contributed by atoms with van der Waals surface area (Å²) in [7, 11) is -2.44. The first-order valence-electron chi connectivity index (χ1n) is 7.29. The van der Waals surface area contributed by atoms with Crippen LogP contribution in [0.25, 0.3) is 0 Å². The predicted octanol–water partition coefficient (Wildman–Crippen LogP) is 3.76. The number of rotatable bonds is 5. The number of benzene rings is 2. The van der Waals surface area contributed by atoms with Gasteiger partial charge in [-0.1, -0.05) is 22.0 Å². The van der Waals surface area contributed by atoms with Crippen molar-refractivity contribution in [3.8, 4) is 0 Å². The minimum absolute atomic E-state index is 0.190. The number of sulfonamides is 1. The summed E-state index contributed by atoms with van der Waals surface area (Å²) in [6.07, 6.45) is 0. The van der Waals surface area contributed by atoms with E-state index in [1.54, 1.807) is 56.3 Å². The van der Waals surface area contributed by atoms with E-state index in [1.165, 1.54) is 11.4 Å². The maximum atomic E-state index is 13.0. The zero-order chi connectivity index (χ0) is 17.9. The second-order valence-electron chi connectivity index (χ2n) is 5.06. The molecule has 0 aliphatic heterocycles. The van der Waals surface area contributed by atoms with Crippen LogP contribution in [-0.2, 0) is 14.8 Å². The molecule has 0 spiro atoms. The van der Waals surface area contributed by atoms with Gasteiger partial charge >= 0.3 is 5.97 Å².